The molecule has 11 nitrogen and oxygen atoms in total. The van der Waals surface area contributed by atoms with E-state index in [4.69, 9.17) is 22.3 Å². The Morgan fingerprint density at radius 3 is 1.67 bits per heavy atom. The first kappa shape index (κ1) is 21.3. The lowest BCUT2D eigenvalue weighted by atomic mass is 10.1. The Labute approximate surface area is 138 Å². The fourth-order valence-corrected chi connectivity index (χ4v) is 1.67. The summed E-state index contributed by atoms with van der Waals surface area (Å²) in [5.41, 5.74) is 15.3. The molecule has 0 aromatic carbocycles. The fraction of sp³-hybridized carbons (Fsp3) is 0.615. The minimum Gasteiger partial charge on any atom is -0.480 e. The van der Waals surface area contributed by atoms with Gasteiger partial charge in [0.25, 0.3) is 0 Å². The third-order valence-electron chi connectivity index (χ3n) is 3.02. The van der Waals surface area contributed by atoms with Gasteiger partial charge in [0.2, 0.25) is 23.6 Å². The van der Waals surface area contributed by atoms with Gasteiger partial charge in [-0.05, 0) is 19.8 Å². The molecular weight excluding hydrogens is 322 g/mol. The highest BCUT2D eigenvalue weighted by atomic mass is 16.4. The number of carbonyl (C=O) groups excluding carboxylic acids is 4. The van der Waals surface area contributed by atoms with E-state index in [0.29, 0.717) is 0 Å². The zero-order valence-electron chi connectivity index (χ0n) is 13.3. The minimum absolute atomic E-state index is 0.123. The topological polar surface area (TPSA) is 208 Å². The summed E-state index contributed by atoms with van der Waals surface area (Å²) < 4.78 is 0. The van der Waals surface area contributed by atoms with Crippen molar-refractivity contribution in [1.82, 2.24) is 10.6 Å². The Morgan fingerprint density at radius 1 is 0.875 bits per heavy atom. The Hall–Kier alpha value is -2.69. The number of hydrogen-bond donors (Lipinski definition) is 6. The van der Waals surface area contributed by atoms with E-state index in [1.54, 1.807) is 0 Å². The summed E-state index contributed by atoms with van der Waals surface area (Å²) in [5, 5.41) is 13.6. The van der Waals surface area contributed by atoms with Crippen molar-refractivity contribution in [2.24, 2.45) is 17.2 Å². The van der Waals surface area contributed by atoms with Gasteiger partial charge in [0, 0.05) is 12.8 Å². The molecule has 0 rings (SSSR count). The molecular formula is C13H23N5O6. The SMILES string of the molecule is C[C@H](N)C(=O)N[C@@H](CCC(N)=O)C(=O)N[C@@H](CCC(N)=O)C(=O)O. The summed E-state index contributed by atoms with van der Waals surface area (Å²) in [6.07, 6.45) is -0.770. The van der Waals surface area contributed by atoms with Gasteiger partial charge in [-0.1, -0.05) is 0 Å². The van der Waals surface area contributed by atoms with Crippen molar-refractivity contribution in [3.63, 3.8) is 0 Å². The highest BCUT2D eigenvalue weighted by Gasteiger charge is 2.27. The van der Waals surface area contributed by atoms with Crippen molar-refractivity contribution < 1.29 is 29.1 Å². The normalized spacial score (nSPS) is 14.1. The largest absolute Gasteiger partial charge is 0.480 e. The molecule has 3 atom stereocenters. The van der Waals surface area contributed by atoms with E-state index in [1.165, 1.54) is 6.92 Å². The quantitative estimate of drug-likeness (QED) is 0.227. The van der Waals surface area contributed by atoms with Crippen LogP contribution in [0.2, 0.25) is 0 Å². The number of nitrogens with one attached hydrogen (secondary N) is 2. The average molecular weight is 345 g/mol. The van der Waals surface area contributed by atoms with Crippen LogP contribution in [-0.2, 0) is 24.0 Å². The van der Waals surface area contributed by atoms with Crippen molar-refractivity contribution in [3.8, 4) is 0 Å². The first-order valence-electron chi connectivity index (χ1n) is 7.20. The molecule has 0 radical (unpaired) electrons. The van der Waals surface area contributed by atoms with Crippen LogP contribution in [0.1, 0.15) is 32.6 Å². The van der Waals surface area contributed by atoms with Gasteiger partial charge in [-0.25, -0.2) is 4.79 Å². The summed E-state index contributed by atoms with van der Waals surface area (Å²) in [6, 6.07) is -3.46. The fourth-order valence-electron chi connectivity index (χ4n) is 1.67. The van der Waals surface area contributed by atoms with E-state index in [9.17, 15) is 24.0 Å². The molecule has 0 aliphatic carbocycles. The molecule has 0 aromatic rings. The molecule has 0 bridgehead atoms. The molecule has 136 valence electrons. The van der Waals surface area contributed by atoms with Crippen LogP contribution < -0.4 is 27.8 Å². The monoisotopic (exact) mass is 345 g/mol. The van der Waals surface area contributed by atoms with Crippen molar-refractivity contribution in [3.05, 3.63) is 0 Å². The molecule has 0 unspecified atom stereocenters. The van der Waals surface area contributed by atoms with Gasteiger partial charge < -0.3 is 32.9 Å². The molecule has 24 heavy (non-hydrogen) atoms. The van der Waals surface area contributed by atoms with Crippen LogP contribution in [0.25, 0.3) is 0 Å². The Bertz CT molecular complexity index is 507. The standard InChI is InChI=1S/C13H23N5O6/c1-6(14)11(21)17-7(2-4-9(15)19)12(22)18-8(13(23)24)3-5-10(16)20/h6-8H,2-5,14H2,1H3,(H2,15,19)(H2,16,20)(H,17,21)(H,18,22)(H,23,24)/t6-,7-,8-/m0/s1. The van der Waals surface area contributed by atoms with Gasteiger partial charge in [0.15, 0.2) is 0 Å². The molecule has 0 saturated heterocycles. The van der Waals surface area contributed by atoms with Crippen LogP contribution in [0.5, 0.6) is 0 Å². The van der Waals surface area contributed by atoms with Crippen LogP contribution >= 0.6 is 0 Å². The number of nitrogens with two attached hydrogens (primary N) is 3. The van der Waals surface area contributed by atoms with Gasteiger partial charge in [-0.2, -0.15) is 0 Å². The van der Waals surface area contributed by atoms with Crippen LogP contribution in [0.3, 0.4) is 0 Å². The maximum absolute atomic E-state index is 12.2. The van der Waals surface area contributed by atoms with Crippen LogP contribution in [0.15, 0.2) is 0 Å². The van der Waals surface area contributed by atoms with Crippen LogP contribution in [0, 0.1) is 0 Å². The Morgan fingerprint density at radius 2 is 1.29 bits per heavy atom. The van der Waals surface area contributed by atoms with Crippen LogP contribution in [0.4, 0.5) is 0 Å². The third-order valence-corrected chi connectivity index (χ3v) is 3.02. The lowest BCUT2D eigenvalue weighted by Gasteiger charge is -2.21. The van der Waals surface area contributed by atoms with E-state index in [-0.39, 0.29) is 25.7 Å². The molecule has 0 heterocycles. The van der Waals surface area contributed by atoms with Gasteiger partial charge in [-0.3, -0.25) is 19.2 Å². The number of aliphatic carboxylic acids is 1. The predicted octanol–water partition coefficient (Wildman–Crippen LogP) is -3.08. The lowest BCUT2D eigenvalue weighted by Crippen LogP contribution is -2.54. The second-order valence-electron chi connectivity index (χ2n) is 5.26. The van der Waals surface area contributed by atoms with E-state index in [1.807, 2.05) is 0 Å². The van der Waals surface area contributed by atoms with Gasteiger partial charge >= 0.3 is 5.97 Å². The first-order valence-corrected chi connectivity index (χ1v) is 7.20. The average Bonchev–Trinajstić information content (AvgIpc) is 2.46. The number of primary amides is 2. The van der Waals surface area contributed by atoms with Gasteiger partial charge in [0.1, 0.15) is 12.1 Å². The smallest absolute Gasteiger partial charge is 0.326 e. The maximum Gasteiger partial charge on any atom is 0.326 e. The molecule has 0 aliphatic rings. The molecule has 11 heteroatoms. The summed E-state index contributed by atoms with van der Waals surface area (Å²) in [6.45, 7) is 1.39. The Kier molecular flexibility index (Phi) is 9.02. The number of carbonyl (C=O) groups is 5. The third kappa shape index (κ3) is 8.68. The van der Waals surface area contributed by atoms with Crippen molar-refractivity contribution >= 4 is 29.6 Å². The summed E-state index contributed by atoms with van der Waals surface area (Å²) in [4.78, 5) is 56.5. The maximum atomic E-state index is 12.2. The number of amides is 4. The number of hydrogen-bond acceptors (Lipinski definition) is 6. The predicted molar refractivity (Wildman–Crippen MR) is 82.0 cm³/mol. The van der Waals surface area contributed by atoms with Crippen LogP contribution in [-0.4, -0.2) is 52.8 Å². The molecule has 0 fully saturated rings. The molecule has 0 saturated carbocycles. The summed E-state index contributed by atoms with van der Waals surface area (Å²) in [5.74, 6) is -4.25. The van der Waals surface area contributed by atoms with E-state index in [0.717, 1.165) is 0 Å². The molecule has 0 spiro atoms. The molecule has 0 aromatic heterocycles. The number of rotatable bonds is 11. The zero-order valence-corrected chi connectivity index (χ0v) is 13.3. The minimum atomic E-state index is -1.37. The highest BCUT2D eigenvalue weighted by Crippen LogP contribution is 2.02. The molecule has 9 N–H and O–H groups in total. The number of carboxylic acid groups (broad SMARTS) is 1. The summed E-state index contributed by atoms with van der Waals surface area (Å²) in [7, 11) is 0. The van der Waals surface area contributed by atoms with Gasteiger partial charge in [0.05, 0.1) is 6.04 Å². The van der Waals surface area contributed by atoms with E-state index < -0.39 is 47.7 Å². The van der Waals surface area contributed by atoms with E-state index in [2.05, 4.69) is 10.6 Å². The van der Waals surface area contributed by atoms with Crippen molar-refractivity contribution in [2.75, 3.05) is 0 Å². The second-order valence-corrected chi connectivity index (χ2v) is 5.26. The van der Waals surface area contributed by atoms with Crippen molar-refractivity contribution in [2.45, 2.75) is 50.7 Å². The van der Waals surface area contributed by atoms with Crippen molar-refractivity contribution in [1.29, 1.82) is 0 Å². The number of carboxylic acids is 1. The molecule has 0 aliphatic heterocycles. The lowest BCUT2D eigenvalue weighted by molar-refractivity contribution is -0.142. The second kappa shape index (κ2) is 10.2. The molecule has 4 amide bonds. The zero-order chi connectivity index (χ0) is 18.9. The summed E-state index contributed by atoms with van der Waals surface area (Å²) >= 11 is 0. The van der Waals surface area contributed by atoms with E-state index >= 15 is 0 Å². The first-order chi connectivity index (χ1) is 11.0. The van der Waals surface area contributed by atoms with Gasteiger partial charge in [-0.15, -0.1) is 0 Å². The Balaban J connectivity index is 4.97. The highest BCUT2D eigenvalue weighted by molar-refractivity contribution is 5.92.